The summed E-state index contributed by atoms with van der Waals surface area (Å²) in [7, 11) is 0. The lowest BCUT2D eigenvalue weighted by atomic mass is 10.0. The van der Waals surface area contributed by atoms with Crippen LogP contribution in [0.15, 0.2) is 24.7 Å². The summed E-state index contributed by atoms with van der Waals surface area (Å²) in [5, 5.41) is 25.5. The molecule has 1 saturated heterocycles. The summed E-state index contributed by atoms with van der Waals surface area (Å²) >= 11 is 0. The molecule has 1 fully saturated rings. The quantitative estimate of drug-likeness (QED) is 0.701. The monoisotopic (exact) mass is 285 g/mol. The lowest BCUT2D eigenvalue weighted by Gasteiger charge is -2.22. The van der Waals surface area contributed by atoms with Crippen LogP contribution in [0.4, 0.5) is 5.82 Å². The van der Waals surface area contributed by atoms with Gasteiger partial charge >= 0.3 is 0 Å². The number of nitrogens with zero attached hydrogens (tertiary/aromatic N) is 6. The third-order valence-electron chi connectivity index (χ3n) is 3.93. The van der Waals surface area contributed by atoms with Crippen LogP contribution in [0.25, 0.3) is 5.52 Å². The van der Waals surface area contributed by atoms with E-state index in [1.165, 1.54) is 0 Å². The highest BCUT2D eigenvalue weighted by molar-refractivity contribution is 5.69. The van der Waals surface area contributed by atoms with Crippen molar-refractivity contribution in [1.82, 2.24) is 30.0 Å². The summed E-state index contributed by atoms with van der Waals surface area (Å²) in [6, 6.07) is 2.00. The Morgan fingerprint density at radius 2 is 2.33 bits per heavy atom. The van der Waals surface area contributed by atoms with Crippen molar-refractivity contribution in [1.29, 1.82) is 0 Å². The second-order valence-corrected chi connectivity index (χ2v) is 5.42. The number of fused-ring (bicyclic) bond motifs is 1. The minimum absolute atomic E-state index is 0.441. The van der Waals surface area contributed by atoms with Gasteiger partial charge in [-0.2, -0.15) is 20.5 Å². The van der Waals surface area contributed by atoms with Crippen LogP contribution in [-0.2, 0) is 5.60 Å². The number of aliphatic hydroxyl groups is 1. The van der Waals surface area contributed by atoms with Crippen LogP contribution in [0, 0.1) is 6.92 Å². The molecule has 2 N–H and O–H groups in total. The van der Waals surface area contributed by atoms with Crippen molar-refractivity contribution < 1.29 is 5.11 Å². The van der Waals surface area contributed by atoms with E-state index >= 15 is 0 Å². The highest BCUT2D eigenvalue weighted by atomic mass is 16.3. The molecule has 4 heterocycles. The predicted molar refractivity (Wildman–Crippen MR) is 74.8 cm³/mol. The predicted octanol–water partition coefficient (Wildman–Crippen LogP) is 0.254. The normalized spacial score (nSPS) is 22.3. The van der Waals surface area contributed by atoms with Gasteiger partial charge in [0.1, 0.15) is 16.8 Å². The fourth-order valence-electron chi connectivity index (χ4n) is 2.88. The molecule has 0 radical (unpaired) electrons. The Bertz CT molecular complexity index is 781. The van der Waals surface area contributed by atoms with Gasteiger partial charge in [-0.25, -0.2) is 9.50 Å². The molecule has 3 aromatic heterocycles. The van der Waals surface area contributed by atoms with Gasteiger partial charge in [0, 0.05) is 25.4 Å². The Morgan fingerprint density at radius 3 is 3.14 bits per heavy atom. The first-order chi connectivity index (χ1) is 10.2. The summed E-state index contributed by atoms with van der Waals surface area (Å²) in [6.45, 7) is 3.10. The molecule has 21 heavy (non-hydrogen) atoms. The Hall–Kier alpha value is -2.48. The number of aromatic amines is 1. The molecule has 4 rings (SSSR count). The number of nitrogens with one attached hydrogen (secondary N) is 1. The molecule has 1 aliphatic heterocycles. The summed E-state index contributed by atoms with van der Waals surface area (Å²) < 4.78 is 1.81. The molecule has 0 saturated carbocycles. The van der Waals surface area contributed by atoms with Gasteiger partial charge in [-0.15, -0.1) is 0 Å². The molecule has 1 aliphatic rings. The lowest BCUT2D eigenvalue weighted by molar-refractivity contribution is 0.0559. The summed E-state index contributed by atoms with van der Waals surface area (Å²) in [6.07, 6.45) is 5.71. The number of aromatic nitrogens is 6. The van der Waals surface area contributed by atoms with Crippen LogP contribution < -0.4 is 4.90 Å². The lowest BCUT2D eigenvalue weighted by Crippen LogP contribution is -2.31. The molecule has 8 heteroatoms. The number of β-amino-alcohol motifs (C(OH)–C–C–N with tert-alkyl or cyclic N) is 1. The molecule has 0 aromatic carbocycles. The molecular formula is C13H15N7O. The van der Waals surface area contributed by atoms with E-state index in [1.807, 2.05) is 23.7 Å². The molecule has 0 aliphatic carbocycles. The van der Waals surface area contributed by atoms with Crippen molar-refractivity contribution >= 4 is 11.3 Å². The van der Waals surface area contributed by atoms with E-state index in [1.54, 1.807) is 12.4 Å². The van der Waals surface area contributed by atoms with Gasteiger partial charge in [0.15, 0.2) is 5.82 Å². The molecule has 108 valence electrons. The zero-order valence-electron chi connectivity index (χ0n) is 11.6. The van der Waals surface area contributed by atoms with E-state index in [0.29, 0.717) is 25.2 Å². The molecule has 8 nitrogen and oxygen atoms in total. The van der Waals surface area contributed by atoms with Crippen LogP contribution in [-0.4, -0.2) is 48.2 Å². The number of aryl methyl sites for hydroxylation is 1. The number of H-pyrrole nitrogens is 1. The fourth-order valence-corrected chi connectivity index (χ4v) is 2.88. The number of rotatable bonds is 2. The van der Waals surface area contributed by atoms with Crippen LogP contribution in [0.5, 0.6) is 0 Å². The highest BCUT2D eigenvalue weighted by Gasteiger charge is 2.40. The van der Waals surface area contributed by atoms with Crippen molar-refractivity contribution in [3.63, 3.8) is 0 Å². The molecule has 0 spiro atoms. The molecule has 0 unspecified atom stereocenters. The minimum Gasteiger partial charge on any atom is -0.381 e. The average Bonchev–Trinajstić information content (AvgIpc) is 3.15. The van der Waals surface area contributed by atoms with E-state index in [9.17, 15) is 5.11 Å². The maximum absolute atomic E-state index is 10.7. The van der Waals surface area contributed by atoms with Crippen LogP contribution in [0.2, 0.25) is 0 Å². The first-order valence-electron chi connectivity index (χ1n) is 6.80. The van der Waals surface area contributed by atoms with E-state index in [2.05, 4.69) is 30.4 Å². The first-order valence-corrected chi connectivity index (χ1v) is 6.80. The van der Waals surface area contributed by atoms with E-state index in [4.69, 9.17) is 0 Å². The molecule has 0 bridgehead atoms. The van der Waals surface area contributed by atoms with E-state index in [0.717, 1.165) is 17.0 Å². The van der Waals surface area contributed by atoms with Gasteiger partial charge in [0.2, 0.25) is 0 Å². The van der Waals surface area contributed by atoms with Crippen LogP contribution >= 0.6 is 0 Å². The fraction of sp³-hybridized carbons (Fsp3) is 0.385. The standard InChI is InChI=1S/C13H15N7O/c1-9-6-10-12(14-3-5-20(10)17-9)19-4-2-13(21,8-19)11-7-15-18-16-11/h3,5-7,21H,2,4,8H2,1H3,(H,15,16,18)/t13-/m0/s1. The zero-order chi connectivity index (χ0) is 14.4. The van der Waals surface area contributed by atoms with Gasteiger partial charge in [-0.05, 0) is 13.0 Å². The van der Waals surface area contributed by atoms with Crippen molar-refractivity contribution in [3.8, 4) is 0 Å². The van der Waals surface area contributed by atoms with Crippen molar-refractivity contribution in [3.05, 3.63) is 36.0 Å². The summed E-state index contributed by atoms with van der Waals surface area (Å²) in [4.78, 5) is 6.52. The number of anilines is 1. The highest BCUT2D eigenvalue weighted by Crippen LogP contribution is 2.33. The van der Waals surface area contributed by atoms with Gasteiger partial charge in [-0.1, -0.05) is 0 Å². The largest absolute Gasteiger partial charge is 0.381 e. The third kappa shape index (κ3) is 1.87. The smallest absolute Gasteiger partial charge is 0.154 e. The number of hydrogen-bond donors (Lipinski definition) is 2. The Balaban J connectivity index is 1.71. The number of hydrogen-bond acceptors (Lipinski definition) is 6. The minimum atomic E-state index is -0.990. The second kappa shape index (κ2) is 4.26. The van der Waals surface area contributed by atoms with Gasteiger partial charge < -0.3 is 10.0 Å². The van der Waals surface area contributed by atoms with Crippen molar-refractivity contribution in [2.75, 3.05) is 18.0 Å². The topological polar surface area (TPSA) is 95.2 Å². The average molecular weight is 285 g/mol. The van der Waals surface area contributed by atoms with Crippen LogP contribution in [0.1, 0.15) is 17.8 Å². The molecule has 1 atom stereocenters. The Labute approximate surface area is 120 Å². The zero-order valence-corrected chi connectivity index (χ0v) is 11.6. The van der Waals surface area contributed by atoms with E-state index in [-0.39, 0.29) is 0 Å². The van der Waals surface area contributed by atoms with Crippen molar-refractivity contribution in [2.24, 2.45) is 0 Å². The molecule has 0 amide bonds. The van der Waals surface area contributed by atoms with Gasteiger partial charge in [-0.3, -0.25) is 0 Å². The SMILES string of the molecule is Cc1cc2c(N3CC[C@@](O)(c4cn[nH]n4)C3)nccn2n1. The Kier molecular flexibility index (Phi) is 2.49. The van der Waals surface area contributed by atoms with E-state index < -0.39 is 5.60 Å². The van der Waals surface area contributed by atoms with Crippen molar-refractivity contribution in [2.45, 2.75) is 18.9 Å². The third-order valence-corrected chi connectivity index (χ3v) is 3.93. The molecular weight excluding hydrogens is 270 g/mol. The summed E-state index contributed by atoms with van der Waals surface area (Å²) in [5.74, 6) is 0.831. The van der Waals surface area contributed by atoms with Crippen LogP contribution in [0.3, 0.4) is 0 Å². The Morgan fingerprint density at radius 1 is 1.43 bits per heavy atom. The summed E-state index contributed by atoms with van der Waals surface area (Å²) in [5.41, 5.74) is 1.47. The maximum Gasteiger partial charge on any atom is 0.154 e. The first kappa shape index (κ1) is 12.3. The van der Waals surface area contributed by atoms with Gasteiger partial charge in [0.25, 0.3) is 0 Å². The van der Waals surface area contributed by atoms with Gasteiger partial charge in [0.05, 0.1) is 18.4 Å². The second-order valence-electron chi connectivity index (χ2n) is 5.42. The molecule has 3 aromatic rings. The maximum atomic E-state index is 10.7.